The Hall–Kier alpha value is -2.77. The van der Waals surface area contributed by atoms with E-state index in [0.717, 1.165) is 10.5 Å². The van der Waals surface area contributed by atoms with Crippen molar-refractivity contribution in [1.29, 1.82) is 0 Å². The molecule has 2 rings (SSSR count). The molecular weight excluding hydrogens is 340 g/mol. The first kappa shape index (κ1) is 19.6. The maximum absolute atomic E-state index is 12.2. The molecule has 0 bridgehead atoms. The Bertz CT molecular complexity index is 655. The molecule has 2 amide bonds. The van der Waals surface area contributed by atoms with Gasteiger partial charge in [-0.25, -0.2) is 14.4 Å². The summed E-state index contributed by atoms with van der Waals surface area (Å²) >= 11 is 0. The SMILES string of the molecule is CC(C)(C)OC(=O)N1CC(NC(=O)OCc2ccccc2)CC1C(=O)O. The lowest BCUT2D eigenvalue weighted by atomic mass is 10.2. The Kier molecular flexibility index (Phi) is 6.07. The van der Waals surface area contributed by atoms with Gasteiger partial charge in [0, 0.05) is 13.0 Å². The minimum absolute atomic E-state index is 0.0479. The zero-order valence-electron chi connectivity index (χ0n) is 15.1. The van der Waals surface area contributed by atoms with Crippen LogP contribution in [0.1, 0.15) is 32.8 Å². The largest absolute Gasteiger partial charge is 0.480 e. The molecule has 142 valence electrons. The fourth-order valence-corrected chi connectivity index (χ4v) is 2.63. The molecule has 0 saturated carbocycles. The summed E-state index contributed by atoms with van der Waals surface area (Å²) in [4.78, 5) is 36.7. The Balaban J connectivity index is 1.91. The Labute approximate surface area is 152 Å². The van der Waals surface area contributed by atoms with Gasteiger partial charge in [0.05, 0.1) is 6.04 Å². The molecule has 1 aliphatic rings. The van der Waals surface area contributed by atoms with Gasteiger partial charge in [0.2, 0.25) is 0 Å². The van der Waals surface area contributed by atoms with Crippen molar-refractivity contribution in [1.82, 2.24) is 10.2 Å². The van der Waals surface area contributed by atoms with Gasteiger partial charge < -0.3 is 19.9 Å². The second-order valence-electron chi connectivity index (χ2n) is 7.13. The van der Waals surface area contributed by atoms with E-state index in [1.807, 2.05) is 30.3 Å². The third kappa shape index (κ3) is 5.65. The van der Waals surface area contributed by atoms with Crippen molar-refractivity contribution in [2.45, 2.75) is 51.5 Å². The van der Waals surface area contributed by atoms with Gasteiger partial charge in [-0.2, -0.15) is 0 Å². The molecule has 0 spiro atoms. The number of nitrogens with zero attached hydrogens (tertiary/aromatic N) is 1. The highest BCUT2D eigenvalue weighted by Crippen LogP contribution is 2.22. The zero-order chi connectivity index (χ0) is 19.3. The van der Waals surface area contributed by atoms with Gasteiger partial charge in [0.15, 0.2) is 0 Å². The van der Waals surface area contributed by atoms with Gasteiger partial charge in [-0.3, -0.25) is 4.90 Å². The van der Waals surface area contributed by atoms with Crippen molar-refractivity contribution in [3.8, 4) is 0 Å². The van der Waals surface area contributed by atoms with E-state index in [1.54, 1.807) is 20.8 Å². The summed E-state index contributed by atoms with van der Waals surface area (Å²) in [6, 6.07) is 7.62. The first-order valence-corrected chi connectivity index (χ1v) is 8.35. The quantitative estimate of drug-likeness (QED) is 0.850. The summed E-state index contributed by atoms with van der Waals surface area (Å²) in [6.45, 7) is 5.26. The number of aliphatic carboxylic acids is 1. The predicted octanol–water partition coefficient (Wildman–Crippen LogP) is 2.38. The van der Waals surface area contributed by atoms with Crippen LogP contribution in [0, 0.1) is 0 Å². The standard InChI is InChI=1S/C18H24N2O6/c1-18(2,3)26-17(24)20-10-13(9-14(20)15(21)22)19-16(23)25-11-12-7-5-4-6-8-12/h4-8,13-14H,9-11H2,1-3H3,(H,19,23)(H,21,22). The van der Waals surface area contributed by atoms with Crippen LogP contribution in [0.4, 0.5) is 9.59 Å². The number of likely N-dealkylation sites (tertiary alicyclic amines) is 1. The van der Waals surface area contributed by atoms with E-state index in [4.69, 9.17) is 9.47 Å². The monoisotopic (exact) mass is 364 g/mol. The molecule has 1 aromatic rings. The van der Waals surface area contributed by atoms with Crippen LogP contribution in [-0.2, 0) is 20.9 Å². The number of carbonyl (C=O) groups excluding carboxylic acids is 2. The number of amides is 2. The first-order chi connectivity index (χ1) is 12.2. The molecule has 0 aliphatic carbocycles. The van der Waals surface area contributed by atoms with Gasteiger partial charge in [-0.15, -0.1) is 0 Å². The summed E-state index contributed by atoms with van der Waals surface area (Å²) in [7, 11) is 0. The van der Waals surface area contributed by atoms with Crippen LogP contribution in [0.25, 0.3) is 0 Å². The second-order valence-corrected chi connectivity index (χ2v) is 7.13. The fourth-order valence-electron chi connectivity index (χ4n) is 2.63. The molecule has 0 radical (unpaired) electrons. The second kappa shape index (κ2) is 8.07. The Morgan fingerprint density at radius 3 is 2.46 bits per heavy atom. The third-order valence-electron chi connectivity index (χ3n) is 3.75. The minimum Gasteiger partial charge on any atom is -0.480 e. The van der Waals surface area contributed by atoms with Crippen molar-refractivity contribution >= 4 is 18.2 Å². The average Bonchev–Trinajstić information content (AvgIpc) is 2.96. The van der Waals surface area contributed by atoms with E-state index in [9.17, 15) is 19.5 Å². The molecular formula is C18H24N2O6. The number of hydrogen-bond acceptors (Lipinski definition) is 5. The van der Waals surface area contributed by atoms with E-state index in [1.165, 1.54) is 0 Å². The van der Waals surface area contributed by atoms with Crippen LogP contribution in [-0.4, -0.2) is 52.4 Å². The van der Waals surface area contributed by atoms with Crippen molar-refractivity contribution < 1.29 is 29.0 Å². The maximum Gasteiger partial charge on any atom is 0.411 e. The summed E-state index contributed by atoms with van der Waals surface area (Å²) in [5.74, 6) is -1.14. The molecule has 2 unspecified atom stereocenters. The lowest BCUT2D eigenvalue weighted by Gasteiger charge is -2.26. The van der Waals surface area contributed by atoms with E-state index < -0.39 is 35.8 Å². The summed E-state index contributed by atoms with van der Waals surface area (Å²) in [5, 5.41) is 11.9. The van der Waals surface area contributed by atoms with Gasteiger partial charge in [0.25, 0.3) is 0 Å². The number of carboxylic acid groups (broad SMARTS) is 1. The average molecular weight is 364 g/mol. The Morgan fingerprint density at radius 1 is 1.23 bits per heavy atom. The number of benzene rings is 1. The topological polar surface area (TPSA) is 105 Å². The highest BCUT2D eigenvalue weighted by molar-refractivity contribution is 5.81. The molecule has 1 aromatic carbocycles. The normalized spacial score (nSPS) is 19.7. The van der Waals surface area contributed by atoms with Crippen molar-refractivity contribution in [2.24, 2.45) is 0 Å². The third-order valence-corrected chi connectivity index (χ3v) is 3.75. The van der Waals surface area contributed by atoms with Crippen molar-refractivity contribution in [3.05, 3.63) is 35.9 Å². The number of alkyl carbamates (subject to hydrolysis) is 1. The van der Waals surface area contributed by atoms with Gasteiger partial charge in [-0.05, 0) is 26.3 Å². The first-order valence-electron chi connectivity index (χ1n) is 8.35. The number of carboxylic acids is 1. The smallest absolute Gasteiger partial charge is 0.411 e. The number of carbonyl (C=O) groups is 3. The number of hydrogen-bond donors (Lipinski definition) is 2. The van der Waals surface area contributed by atoms with Gasteiger partial charge in [-0.1, -0.05) is 30.3 Å². The van der Waals surface area contributed by atoms with Crippen molar-refractivity contribution in [3.63, 3.8) is 0 Å². The number of ether oxygens (including phenoxy) is 2. The van der Waals surface area contributed by atoms with Crippen LogP contribution in [0.3, 0.4) is 0 Å². The fraction of sp³-hybridized carbons (Fsp3) is 0.500. The van der Waals surface area contributed by atoms with Crippen LogP contribution >= 0.6 is 0 Å². The molecule has 2 N–H and O–H groups in total. The number of nitrogens with one attached hydrogen (secondary N) is 1. The van der Waals surface area contributed by atoms with E-state index in [-0.39, 0.29) is 19.6 Å². The van der Waals surface area contributed by atoms with E-state index >= 15 is 0 Å². The minimum atomic E-state index is -1.14. The molecule has 1 heterocycles. The lowest BCUT2D eigenvalue weighted by molar-refractivity contribution is -0.142. The number of rotatable bonds is 4. The maximum atomic E-state index is 12.2. The molecule has 1 saturated heterocycles. The van der Waals surface area contributed by atoms with E-state index in [2.05, 4.69) is 5.32 Å². The highest BCUT2D eigenvalue weighted by Gasteiger charge is 2.42. The molecule has 2 atom stereocenters. The van der Waals surface area contributed by atoms with Gasteiger partial charge in [0.1, 0.15) is 18.2 Å². The summed E-state index contributed by atoms with van der Waals surface area (Å²) < 4.78 is 10.4. The van der Waals surface area contributed by atoms with Crippen LogP contribution in [0.2, 0.25) is 0 Å². The molecule has 8 heteroatoms. The zero-order valence-corrected chi connectivity index (χ0v) is 15.1. The van der Waals surface area contributed by atoms with Crippen LogP contribution < -0.4 is 5.32 Å². The van der Waals surface area contributed by atoms with Gasteiger partial charge >= 0.3 is 18.2 Å². The summed E-state index contributed by atoms with van der Waals surface area (Å²) in [5.41, 5.74) is 0.105. The molecule has 26 heavy (non-hydrogen) atoms. The summed E-state index contributed by atoms with van der Waals surface area (Å²) in [6.07, 6.45) is -1.28. The van der Waals surface area contributed by atoms with Crippen LogP contribution in [0.15, 0.2) is 30.3 Å². The molecule has 1 aliphatic heterocycles. The van der Waals surface area contributed by atoms with Crippen LogP contribution in [0.5, 0.6) is 0 Å². The molecule has 1 fully saturated rings. The highest BCUT2D eigenvalue weighted by atomic mass is 16.6. The predicted molar refractivity (Wildman–Crippen MR) is 92.5 cm³/mol. The molecule has 8 nitrogen and oxygen atoms in total. The lowest BCUT2D eigenvalue weighted by Crippen LogP contribution is -2.44. The molecule has 0 aromatic heterocycles. The Morgan fingerprint density at radius 2 is 1.88 bits per heavy atom. The van der Waals surface area contributed by atoms with Crippen molar-refractivity contribution in [2.75, 3.05) is 6.54 Å². The van der Waals surface area contributed by atoms with E-state index in [0.29, 0.717) is 0 Å².